The number of benzene rings is 2. The minimum Gasteiger partial charge on any atom is -0.508 e. The van der Waals surface area contributed by atoms with Gasteiger partial charge in [-0.25, -0.2) is 4.98 Å². The van der Waals surface area contributed by atoms with Gasteiger partial charge in [0, 0.05) is 23.7 Å². The Balaban J connectivity index is 1.88. The number of aromatic nitrogens is 2. The van der Waals surface area contributed by atoms with E-state index in [2.05, 4.69) is 22.0 Å². The summed E-state index contributed by atoms with van der Waals surface area (Å²) in [6.07, 6.45) is 3.05. The number of phenolic OH excluding ortho intramolecular Hbond substituents is 1. The Labute approximate surface area is 135 Å². The predicted molar refractivity (Wildman–Crippen MR) is 91.3 cm³/mol. The first kappa shape index (κ1) is 14.0. The first-order valence-corrected chi connectivity index (χ1v) is 7.95. The van der Waals surface area contributed by atoms with E-state index in [1.807, 2.05) is 36.7 Å². The third-order valence-electron chi connectivity index (χ3n) is 4.41. The molecule has 1 unspecified atom stereocenters. The van der Waals surface area contributed by atoms with Gasteiger partial charge < -0.3 is 15.0 Å². The van der Waals surface area contributed by atoms with Crippen molar-refractivity contribution in [2.75, 3.05) is 13.1 Å². The van der Waals surface area contributed by atoms with Gasteiger partial charge in [0.1, 0.15) is 5.75 Å². The molecule has 4 nitrogen and oxygen atoms in total. The smallest absolute Gasteiger partial charge is 0.115 e. The molecule has 1 aliphatic rings. The van der Waals surface area contributed by atoms with Crippen LogP contribution in [0.2, 0.25) is 0 Å². The minimum atomic E-state index is 0.281. The topological polar surface area (TPSA) is 50.1 Å². The Morgan fingerprint density at radius 2 is 1.78 bits per heavy atom. The van der Waals surface area contributed by atoms with Gasteiger partial charge in [-0.1, -0.05) is 30.3 Å². The highest BCUT2D eigenvalue weighted by Crippen LogP contribution is 2.35. The number of hydrogen-bond acceptors (Lipinski definition) is 3. The summed E-state index contributed by atoms with van der Waals surface area (Å²) in [5.74, 6) is 0.281. The van der Waals surface area contributed by atoms with Crippen LogP contribution < -0.4 is 5.32 Å². The Hall–Kier alpha value is -2.59. The molecule has 0 aliphatic carbocycles. The lowest BCUT2D eigenvalue weighted by Crippen LogP contribution is -2.13. The molecule has 4 rings (SSSR count). The highest BCUT2D eigenvalue weighted by atomic mass is 16.3. The second-order valence-electron chi connectivity index (χ2n) is 5.91. The molecule has 3 aromatic rings. The van der Waals surface area contributed by atoms with Crippen molar-refractivity contribution in [3.63, 3.8) is 0 Å². The molecule has 1 saturated heterocycles. The average Bonchev–Trinajstić information content (AvgIpc) is 3.25. The summed E-state index contributed by atoms with van der Waals surface area (Å²) in [6.45, 7) is 2.01. The van der Waals surface area contributed by atoms with E-state index in [1.165, 1.54) is 0 Å². The Bertz CT molecular complexity index is 787. The summed E-state index contributed by atoms with van der Waals surface area (Å²) in [4.78, 5) is 4.70. The van der Waals surface area contributed by atoms with Crippen molar-refractivity contribution in [2.24, 2.45) is 0 Å². The summed E-state index contributed by atoms with van der Waals surface area (Å²) < 4.78 is 2.27. The van der Waals surface area contributed by atoms with Gasteiger partial charge in [-0.3, -0.25) is 0 Å². The first-order chi connectivity index (χ1) is 11.3. The van der Waals surface area contributed by atoms with Gasteiger partial charge in [-0.2, -0.15) is 0 Å². The predicted octanol–water partition coefficient (Wildman–Crippen LogP) is 3.46. The van der Waals surface area contributed by atoms with Gasteiger partial charge in [0.2, 0.25) is 0 Å². The van der Waals surface area contributed by atoms with Crippen molar-refractivity contribution in [3.8, 4) is 28.3 Å². The van der Waals surface area contributed by atoms with E-state index in [-0.39, 0.29) is 5.75 Å². The SMILES string of the molecule is Oc1ccc(-c2c(-c3ccccc3)ncn2C2CCNC2)cc1. The fourth-order valence-corrected chi connectivity index (χ4v) is 3.23. The summed E-state index contributed by atoms with van der Waals surface area (Å²) in [7, 11) is 0. The van der Waals surface area contributed by atoms with Gasteiger partial charge >= 0.3 is 0 Å². The zero-order valence-electron chi connectivity index (χ0n) is 12.8. The van der Waals surface area contributed by atoms with E-state index >= 15 is 0 Å². The van der Waals surface area contributed by atoms with E-state index < -0.39 is 0 Å². The van der Waals surface area contributed by atoms with Crippen molar-refractivity contribution in [1.82, 2.24) is 14.9 Å². The normalized spacial score (nSPS) is 17.5. The molecular weight excluding hydrogens is 286 g/mol. The molecule has 2 aromatic carbocycles. The fourth-order valence-electron chi connectivity index (χ4n) is 3.23. The van der Waals surface area contributed by atoms with Crippen LogP contribution in [0, 0.1) is 0 Å². The molecule has 4 heteroatoms. The Kier molecular flexibility index (Phi) is 3.60. The van der Waals surface area contributed by atoms with Crippen molar-refractivity contribution in [2.45, 2.75) is 12.5 Å². The highest BCUT2D eigenvalue weighted by molar-refractivity contribution is 5.79. The minimum absolute atomic E-state index is 0.281. The molecule has 1 fully saturated rings. The molecule has 0 radical (unpaired) electrons. The zero-order chi connectivity index (χ0) is 15.6. The van der Waals surface area contributed by atoms with Gasteiger partial charge in [0.05, 0.1) is 17.7 Å². The van der Waals surface area contributed by atoms with Crippen LogP contribution in [0.25, 0.3) is 22.5 Å². The third kappa shape index (κ3) is 2.62. The van der Waals surface area contributed by atoms with Crippen LogP contribution in [-0.2, 0) is 0 Å². The number of phenols is 1. The lowest BCUT2D eigenvalue weighted by Gasteiger charge is -2.16. The summed E-state index contributed by atoms with van der Waals surface area (Å²) in [5, 5.41) is 13.0. The molecule has 0 spiro atoms. The molecule has 0 amide bonds. The number of rotatable bonds is 3. The van der Waals surface area contributed by atoms with Crippen LogP contribution in [0.5, 0.6) is 5.75 Å². The number of nitrogens with one attached hydrogen (secondary N) is 1. The zero-order valence-corrected chi connectivity index (χ0v) is 12.8. The molecule has 1 aliphatic heterocycles. The van der Waals surface area contributed by atoms with E-state index in [1.54, 1.807) is 12.1 Å². The van der Waals surface area contributed by atoms with Crippen LogP contribution in [0.1, 0.15) is 12.5 Å². The molecule has 2 N–H and O–H groups in total. The van der Waals surface area contributed by atoms with E-state index in [0.29, 0.717) is 6.04 Å². The van der Waals surface area contributed by atoms with Crippen molar-refractivity contribution < 1.29 is 5.11 Å². The van der Waals surface area contributed by atoms with Gasteiger partial charge in [0.25, 0.3) is 0 Å². The standard InChI is InChI=1S/C19H19N3O/c23-17-8-6-15(7-9-17)19-18(14-4-2-1-3-5-14)21-13-22(19)16-10-11-20-12-16/h1-9,13,16,20,23H,10-12H2. The molecule has 2 heterocycles. The van der Waals surface area contributed by atoms with Crippen molar-refractivity contribution in [1.29, 1.82) is 0 Å². The lowest BCUT2D eigenvalue weighted by molar-refractivity contribution is 0.475. The van der Waals surface area contributed by atoms with Gasteiger partial charge in [0.15, 0.2) is 0 Å². The molecule has 0 bridgehead atoms. The molecular formula is C19H19N3O. The lowest BCUT2D eigenvalue weighted by atomic mass is 10.0. The van der Waals surface area contributed by atoms with Gasteiger partial charge in [-0.05, 0) is 37.2 Å². The number of hydrogen-bond donors (Lipinski definition) is 2. The Morgan fingerprint density at radius 1 is 1.00 bits per heavy atom. The molecule has 116 valence electrons. The van der Waals surface area contributed by atoms with Crippen LogP contribution >= 0.6 is 0 Å². The molecule has 1 aromatic heterocycles. The Morgan fingerprint density at radius 3 is 2.48 bits per heavy atom. The second kappa shape index (κ2) is 5.89. The summed E-state index contributed by atoms with van der Waals surface area (Å²) in [6, 6.07) is 18.0. The van der Waals surface area contributed by atoms with Crippen LogP contribution in [0.4, 0.5) is 0 Å². The van der Waals surface area contributed by atoms with Crippen LogP contribution in [0.3, 0.4) is 0 Å². The van der Waals surface area contributed by atoms with E-state index in [4.69, 9.17) is 4.98 Å². The number of imidazole rings is 1. The van der Waals surface area contributed by atoms with Crippen LogP contribution in [-0.4, -0.2) is 27.7 Å². The first-order valence-electron chi connectivity index (χ1n) is 7.95. The molecule has 23 heavy (non-hydrogen) atoms. The maximum absolute atomic E-state index is 9.59. The largest absolute Gasteiger partial charge is 0.508 e. The molecule has 1 atom stereocenters. The fraction of sp³-hybridized carbons (Fsp3) is 0.211. The van der Waals surface area contributed by atoms with Crippen molar-refractivity contribution in [3.05, 3.63) is 60.9 Å². The highest BCUT2D eigenvalue weighted by Gasteiger charge is 2.23. The monoisotopic (exact) mass is 305 g/mol. The molecule has 0 saturated carbocycles. The summed E-state index contributed by atoms with van der Waals surface area (Å²) in [5.41, 5.74) is 4.29. The number of aromatic hydroxyl groups is 1. The number of nitrogens with zero attached hydrogens (tertiary/aromatic N) is 2. The maximum atomic E-state index is 9.59. The average molecular weight is 305 g/mol. The second-order valence-corrected chi connectivity index (χ2v) is 5.91. The third-order valence-corrected chi connectivity index (χ3v) is 4.41. The maximum Gasteiger partial charge on any atom is 0.115 e. The van der Waals surface area contributed by atoms with Crippen molar-refractivity contribution >= 4 is 0 Å². The van der Waals surface area contributed by atoms with E-state index in [0.717, 1.165) is 42.0 Å². The van der Waals surface area contributed by atoms with E-state index in [9.17, 15) is 5.11 Å². The van der Waals surface area contributed by atoms with Gasteiger partial charge in [-0.15, -0.1) is 0 Å². The van der Waals surface area contributed by atoms with Crippen LogP contribution in [0.15, 0.2) is 60.9 Å². The summed E-state index contributed by atoms with van der Waals surface area (Å²) >= 11 is 0. The quantitative estimate of drug-likeness (QED) is 0.779.